The van der Waals surface area contributed by atoms with Crippen molar-refractivity contribution in [1.29, 1.82) is 0 Å². The molecule has 0 unspecified atom stereocenters. The van der Waals surface area contributed by atoms with Gasteiger partial charge in [0.05, 0.1) is 26.5 Å². The maximum Gasteiger partial charge on any atom is 0.335 e. The van der Waals surface area contributed by atoms with Gasteiger partial charge in [-0.3, -0.25) is 14.2 Å². The molecule has 4 aromatic rings. The molecule has 180 valence electrons. The standard InChI is InChI=1S/C24H23N5O6/c1-4-35-18(30)13-28-20-19(21(25)31)26-22(14-8-7-9-15(12-14)33-2)27-23(20)29(24(28)32)16-10-5-6-11-17(16)34-3/h5-12H,4,13H2,1-3H3,(H2,25,31). The Balaban J connectivity index is 2.11. The van der Waals surface area contributed by atoms with E-state index in [4.69, 9.17) is 19.9 Å². The van der Waals surface area contributed by atoms with Gasteiger partial charge in [-0.2, -0.15) is 0 Å². The first-order valence-electron chi connectivity index (χ1n) is 10.7. The van der Waals surface area contributed by atoms with Crippen LogP contribution in [0.1, 0.15) is 17.4 Å². The quantitative estimate of drug-likeness (QED) is 0.380. The number of primary amides is 1. The van der Waals surface area contributed by atoms with Crippen molar-refractivity contribution in [2.24, 2.45) is 5.73 Å². The number of methoxy groups -OCH3 is 2. The zero-order chi connectivity index (χ0) is 25.1. The number of nitrogens with zero attached hydrogens (tertiary/aromatic N) is 4. The van der Waals surface area contributed by atoms with Gasteiger partial charge in [0.2, 0.25) is 0 Å². The maximum absolute atomic E-state index is 13.6. The minimum atomic E-state index is -0.892. The van der Waals surface area contributed by atoms with Crippen molar-refractivity contribution in [3.8, 4) is 28.6 Å². The number of esters is 1. The number of carbonyl (C=O) groups is 2. The third kappa shape index (κ3) is 4.31. The lowest BCUT2D eigenvalue weighted by Gasteiger charge is -2.10. The van der Waals surface area contributed by atoms with Crippen LogP contribution in [-0.4, -0.2) is 51.8 Å². The van der Waals surface area contributed by atoms with Crippen LogP contribution in [0.3, 0.4) is 0 Å². The molecule has 0 aliphatic heterocycles. The molecule has 2 aromatic carbocycles. The van der Waals surface area contributed by atoms with E-state index >= 15 is 0 Å². The Kier molecular flexibility index (Phi) is 6.49. The second-order valence-corrected chi connectivity index (χ2v) is 7.35. The zero-order valence-electron chi connectivity index (χ0n) is 19.3. The van der Waals surface area contributed by atoms with Gasteiger partial charge in [0, 0.05) is 5.56 Å². The van der Waals surface area contributed by atoms with Crippen LogP contribution < -0.4 is 20.9 Å². The van der Waals surface area contributed by atoms with Crippen molar-refractivity contribution in [3.05, 3.63) is 64.7 Å². The number of carbonyl (C=O) groups excluding carboxylic acids is 2. The van der Waals surface area contributed by atoms with Crippen LogP contribution in [0.5, 0.6) is 11.5 Å². The van der Waals surface area contributed by atoms with E-state index in [9.17, 15) is 14.4 Å². The molecular weight excluding hydrogens is 454 g/mol. The summed E-state index contributed by atoms with van der Waals surface area (Å²) in [7, 11) is 2.99. The molecule has 0 spiro atoms. The molecule has 0 saturated heterocycles. The van der Waals surface area contributed by atoms with E-state index in [1.165, 1.54) is 18.8 Å². The van der Waals surface area contributed by atoms with Crippen molar-refractivity contribution < 1.29 is 23.8 Å². The molecule has 0 aliphatic rings. The molecule has 1 amide bonds. The van der Waals surface area contributed by atoms with Crippen molar-refractivity contribution in [2.45, 2.75) is 13.5 Å². The Hall–Kier alpha value is -4.67. The summed E-state index contributed by atoms with van der Waals surface area (Å²) in [6, 6.07) is 13.7. The molecule has 4 rings (SSSR count). The van der Waals surface area contributed by atoms with E-state index in [1.807, 2.05) is 0 Å². The van der Waals surface area contributed by atoms with Gasteiger partial charge in [-0.25, -0.2) is 19.3 Å². The lowest BCUT2D eigenvalue weighted by Crippen LogP contribution is -2.28. The van der Waals surface area contributed by atoms with Crippen LogP contribution in [0.2, 0.25) is 0 Å². The molecule has 0 bridgehead atoms. The predicted molar refractivity (Wildman–Crippen MR) is 127 cm³/mol. The second kappa shape index (κ2) is 9.67. The van der Waals surface area contributed by atoms with E-state index in [-0.39, 0.29) is 29.3 Å². The number of rotatable bonds is 8. The first kappa shape index (κ1) is 23.5. The van der Waals surface area contributed by atoms with E-state index in [2.05, 4.69) is 9.97 Å². The molecule has 0 saturated carbocycles. The molecule has 11 nitrogen and oxygen atoms in total. The molecule has 2 heterocycles. The second-order valence-electron chi connectivity index (χ2n) is 7.35. The molecule has 0 atom stereocenters. The maximum atomic E-state index is 13.6. The number of aromatic nitrogens is 4. The number of hydrogen-bond acceptors (Lipinski definition) is 8. The molecular formula is C24H23N5O6. The summed E-state index contributed by atoms with van der Waals surface area (Å²) in [6.07, 6.45) is 0. The number of para-hydroxylation sites is 2. The van der Waals surface area contributed by atoms with Gasteiger partial charge in [0.1, 0.15) is 23.6 Å². The summed E-state index contributed by atoms with van der Waals surface area (Å²) in [4.78, 5) is 47.4. The van der Waals surface area contributed by atoms with Crippen LogP contribution in [0, 0.1) is 0 Å². The number of hydrogen-bond donors (Lipinski definition) is 1. The molecule has 0 radical (unpaired) electrons. The summed E-state index contributed by atoms with van der Waals surface area (Å²) < 4.78 is 18.1. The Morgan fingerprint density at radius 1 is 1.03 bits per heavy atom. The molecule has 2 N–H and O–H groups in total. The Morgan fingerprint density at radius 3 is 2.49 bits per heavy atom. The smallest absolute Gasteiger partial charge is 0.335 e. The first-order chi connectivity index (χ1) is 16.9. The number of nitrogens with two attached hydrogens (primary N) is 1. The minimum absolute atomic E-state index is 0.00750. The minimum Gasteiger partial charge on any atom is -0.497 e. The van der Waals surface area contributed by atoms with E-state index < -0.39 is 24.1 Å². The third-order valence-electron chi connectivity index (χ3n) is 5.25. The number of fused-ring (bicyclic) bond motifs is 1. The van der Waals surface area contributed by atoms with Crippen molar-refractivity contribution >= 4 is 23.0 Å². The van der Waals surface area contributed by atoms with Gasteiger partial charge in [-0.05, 0) is 31.2 Å². The van der Waals surface area contributed by atoms with E-state index in [0.29, 0.717) is 22.7 Å². The van der Waals surface area contributed by atoms with Crippen molar-refractivity contribution in [2.75, 3.05) is 20.8 Å². The van der Waals surface area contributed by atoms with Crippen LogP contribution in [0.4, 0.5) is 0 Å². The normalized spacial score (nSPS) is 10.8. The lowest BCUT2D eigenvalue weighted by atomic mass is 10.2. The van der Waals surface area contributed by atoms with Gasteiger partial charge >= 0.3 is 11.7 Å². The van der Waals surface area contributed by atoms with E-state index in [1.54, 1.807) is 55.5 Å². The van der Waals surface area contributed by atoms with Crippen LogP contribution in [-0.2, 0) is 16.1 Å². The monoisotopic (exact) mass is 477 g/mol. The summed E-state index contributed by atoms with van der Waals surface area (Å²) in [6.45, 7) is 1.31. The number of imidazole rings is 1. The Labute approximate surface area is 199 Å². The van der Waals surface area contributed by atoms with Crippen molar-refractivity contribution in [3.63, 3.8) is 0 Å². The van der Waals surface area contributed by atoms with Gasteiger partial charge in [-0.15, -0.1) is 0 Å². The average Bonchev–Trinajstić information content (AvgIpc) is 3.14. The zero-order valence-corrected chi connectivity index (χ0v) is 19.3. The largest absolute Gasteiger partial charge is 0.497 e. The van der Waals surface area contributed by atoms with Gasteiger partial charge in [-0.1, -0.05) is 24.3 Å². The molecule has 2 aromatic heterocycles. The molecule has 0 aliphatic carbocycles. The Morgan fingerprint density at radius 2 is 1.80 bits per heavy atom. The summed E-state index contributed by atoms with van der Waals surface area (Å²) in [5.74, 6) is -0.486. The SMILES string of the molecule is CCOC(=O)Cn1c(=O)n(-c2ccccc2OC)c2nc(-c3cccc(OC)c3)nc(C(N)=O)c21. The molecule has 11 heteroatoms. The highest BCUT2D eigenvalue weighted by atomic mass is 16.5. The topological polar surface area (TPSA) is 141 Å². The van der Waals surface area contributed by atoms with Gasteiger partial charge in [0.15, 0.2) is 17.2 Å². The fraction of sp³-hybridized carbons (Fsp3) is 0.208. The number of amides is 1. The lowest BCUT2D eigenvalue weighted by molar-refractivity contribution is -0.143. The van der Waals surface area contributed by atoms with Crippen molar-refractivity contribution in [1.82, 2.24) is 19.1 Å². The summed E-state index contributed by atoms with van der Waals surface area (Å²) >= 11 is 0. The fourth-order valence-electron chi connectivity index (χ4n) is 3.73. The van der Waals surface area contributed by atoms with Crippen LogP contribution in [0.25, 0.3) is 28.2 Å². The first-order valence-corrected chi connectivity index (χ1v) is 10.7. The summed E-state index contributed by atoms with van der Waals surface area (Å²) in [5, 5.41) is 0. The molecule has 0 fully saturated rings. The highest BCUT2D eigenvalue weighted by Crippen LogP contribution is 2.28. The highest BCUT2D eigenvalue weighted by Gasteiger charge is 2.26. The fourth-order valence-corrected chi connectivity index (χ4v) is 3.73. The summed E-state index contributed by atoms with van der Waals surface area (Å²) in [5.41, 5.74) is 5.79. The number of ether oxygens (including phenoxy) is 3. The highest BCUT2D eigenvalue weighted by molar-refractivity contribution is 6.02. The van der Waals surface area contributed by atoms with E-state index in [0.717, 1.165) is 4.57 Å². The van der Waals surface area contributed by atoms with Crippen LogP contribution in [0.15, 0.2) is 53.3 Å². The Bertz CT molecular complexity index is 1490. The number of benzene rings is 2. The van der Waals surface area contributed by atoms with Gasteiger partial charge < -0.3 is 19.9 Å². The molecule has 35 heavy (non-hydrogen) atoms. The van der Waals surface area contributed by atoms with Crippen LogP contribution >= 0.6 is 0 Å². The van der Waals surface area contributed by atoms with Gasteiger partial charge in [0.25, 0.3) is 5.91 Å². The third-order valence-corrected chi connectivity index (χ3v) is 5.25. The average molecular weight is 477 g/mol. The predicted octanol–water partition coefficient (Wildman–Crippen LogP) is 1.93.